The van der Waals surface area contributed by atoms with Crippen molar-refractivity contribution < 1.29 is 13.2 Å². The van der Waals surface area contributed by atoms with Gasteiger partial charge in [-0.15, -0.1) is 0 Å². The van der Waals surface area contributed by atoms with Gasteiger partial charge in [-0.2, -0.15) is 0 Å². The second kappa shape index (κ2) is 5.43. The molecule has 0 bridgehead atoms. The van der Waals surface area contributed by atoms with Gasteiger partial charge in [-0.05, 0) is 20.8 Å². The number of amides is 1. The van der Waals surface area contributed by atoms with Gasteiger partial charge in [0.2, 0.25) is 10.0 Å². The zero-order chi connectivity index (χ0) is 14.8. The summed E-state index contributed by atoms with van der Waals surface area (Å²) < 4.78 is 24.8. The lowest BCUT2D eigenvalue weighted by atomic mass is 10.1. The molecule has 1 amide bonds. The summed E-state index contributed by atoms with van der Waals surface area (Å²) in [6.07, 6.45) is 1.07. The van der Waals surface area contributed by atoms with Crippen molar-refractivity contribution in [3.8, 4) is 0 Å². The number of anilines is 1. The van der Waals surface area contributed by atoms with E-state index in [1.54, 1.807) is 20.8 Å². The van der Waals surface area contributed by atoms with E-state index in [1.165, 1.54) is 0 Å². The van der Waals surface area contributed by atoms with Gasteiger partial charge in [-0.25, -0.2) is 18.1 Å². The molecule has 108 valence electrons. The van der Waals surface area contributed by atoms with Crippen molar-refractivity contribution in [1.29, 1.82) is 0 Å². The highest BCUT2D eigenvalue weighted by molar-refractivity contribution is 7.88. The minimum absolute atomic E-state index is 0.163. The molecule has 1 rings (SSSR count). The molecule has 0 aliphatic heterocycles. The number of aryl methyl sites for hydroxylation is 1. The summed E-state index contributed by atoms with van der Waals surface area (Å²) in [6, 6.07) is 0. The molecule has 0 fully saturated rings. The molecule has 1 aromatic heterocycles. The molecule has 9 heteroatoms. The van der Waals surface area contributed by atoms with Crippen molar-refractivity contribution in [2.45, 2.75) is 26.3 Å². The fourth-order valence-electron chi connectivity index (χ4n) is 1.55. The highest BCUT2D eigenvalue weighted by Crippen LogP contribution is 2.19. The fourth-order valence-corrected chi connectivity index (χ4v) is 3.37. The number of carbonyl (C=O) groups excluding carboxylic acids is 1. The Kier molecular flexibility index (Phi) is 4.54. The number of nitrogen functional groups attached to an aromatic ring is 1. The number of hydrogen-bond acceptors (Lipinski definition) is 6. The van der Waals surface area contributed by atoms with Crippen LogP contribution in [0.25, 0.3) is 0 Å². The first kappa shape index (κ1) is 15.9. The Labute approximate surface area is 116 Å². The van der Waals surface area contributed by atoms with Crippen LogP contribution >= 0.6 is 11.3 Å². The number of thiazole rings is 1. The molecule has 0 aliphatic rings. The lowest BCUT2D eigenvalue weighted by molar-refractivity contribution is 0.0947. The summed E-state index contributed by atoms with van der Waals surface area (Å²) in [5.74, 6) is -0.310. The van der Waals surface area contributed by atoms with E-state index in [2.05, 4.69) is 15.0 Å². The molecular formula is C10H18N4O3S2. The molecule has 0 saturated heterocycles. The van der Waals surface area contributed by atoms with Gasteiger partial charge in [0.1, 0.15) is 4.88 Å². The van der Waals surface area contributed by atoms with E-state index in [4.69, 9.17) is 5.73 Å². The van der Waals surface area contributed by atoms with Crippen molar-refractivity contribution in [2.75, 3.05) is 18.5 Å². The van der Waals surface area contributed by atoms with Crippen LogP contribution in [0.15, 0.2) is 0 Å². The third kappa shape index (κ3) is 5.13. The third-order valence-corrected chi connectivity index (χ3v) is 4.08. The van der Waals surface area contributed by atoms with E-state index in [0.717, 1.165) is 17.6 Å². The molecule has 19 heavy (non-hydrogen) atoms. The summed E-state index contributed by atoms with van der Waals surface area (Å²) in [5.41, 5.74) is 5.31. The van der Waals surface area contributed by atoms with Crippen LogP contribution in [0.3, 0.4) is 0 Å². The zero-order valence-electron chi connectivity index (χ0n) is 11.3. The number of sulfonamides is 1. The Balaban J connectivity index is 2.67. The Morgan fingerprint density at radius 3 is 2.47 bits per heavy atom. The smallest absolute Gasteiger partial charge is 0.263 e. The fraction of sp³-hybridized carbons (Fsp3) is 0.600. The van der Waals surface area contributed by atoms with Gasteiger partial charge in [0.05, 0.1) is 11.9 Å². The molecule has 0 aliphatic carbocycles. The van der Waals surface area contributed by atoms with Gasteiger partial charge in [-0.1, -0.05) is 11.3 Å². The average Bonchev–Trinajstić information content (AvgIpc) is 2.51. The second-order valence-electron chi connectivity index (χ2n) is 4.91. The van der Waals surface area contributed by atoms with Crippen molar-refractivity contribution in [3.63, 3.8) is 0 Å². The Morgan fingerprint density at radius 2 is 2.05 bits per heavy atom. The Hall–Kier alpha value is -1.19. The first-order valence-electron chi connectivity index (χ1n) is 5.50. The van der Waals surface area contributed by atoms with Crippen LogP contribution in [0.4, 0.5) is 5.13 Å². The van der Waals surface area contributed by atoms with Crippen LogP contribution in [0.2, 0.25) is 0 Å². The lowest BCUT2D eigenvalue weighted by Crippen LogP contribution is -2.50. The first-order valence-corrected chi connectivity index (χ1v) is 8.21. The summed E-state index contributed by atoms with van der Waals surface area (Å²) in [7, 11) is -3.33. The van der Waals surface area contributed by atoms with Crippen LogP contribution in [0.5, 0.6) is 0 Å². The third-order valence-electron chi connectivity index (χ3n) is 2.17. The monoisotopic (exact) mass is 306 g/mol. The largest absolute Gasteiger partial charge is 0.375 e. The summed E-state index contributed by atoms with van der Waals surface area (Å²) in [6.45, 7) is 5.22. The standard InChI is InChI=1S/C10H18N4O3S2/c1-6-7(18-9(11)13-6)8(15)12-5-10(2,3)14-19(4,16)17/h14H,5H2,1-4H3,(H2,11,13)(H,12,15). The van der Waals surface area contributed by atoms with Gasteiger partial charge in [-0.3, -0.25) is 4.79 Å². The molecule has 4 N–H and O–H groups in total. The predicted octanol–water partition coefficient (Wildman–Crippen LogP) is 0.0913. The van der Waals surface area contributed by atoms with E-state index in [-0.39, 0.29) is 12.5 Å². The summed E-state index contributed by atoms with van der Waals surface area (Å²) >= 11 is 1.10. The molecule has 1 heterocycles. The van der Waals surface area contributed by atoms with Gasteiger partial charge >= 0.3 is 0 Å². The highest BCUT2D eigenvalue weighted by atomic mass is 32.2. The topological polar surface area (TPSA) is 114 Å². The number of nitrogens with zero attached hydrogens (tertiary/aromatic N) is 1. The van der Waals surface area contributed by atoms with Crippen LogP contribution < -0.4 is 15.8 Å². The molecule has 0 aromatic carbocycles. The Morgan fingerprint density at radius 1 is 1.47 bits per heavy atom. The minimum atomic E-state index is -3.33. The van der Waals surface area contributed by atoms with E-state index < -0.39 is 15.6 Å². The number of nitrogens with two attached hydrogens (primary N) is 1. The van der Waals surface area contributed by atoms with Crippen molar-refractivity contribution in [1.82, 2.24) is 15.0 Å². The van der Waals surface area contributed by atoms with E-state index in [9.17, 15) is 13.2 Å². The van der Waals surface area contributed by atoms with Crippen LogP contribution in [-0.4, -0.2) is 37.6 Å². The SMILES string of the molecule is Cc1nc(N)sc1C(=O)NCC(C)(C)NS(C)(=O)=O. The van der Waals surface area contributed by atoms with Crippen molar-refractivity contribution >= 4 is 32.4 Å². The minimum Gasteiger partial charge on any atom is -0.375 e. The Bertz CT molecular complexity index is 578. The molecule has 0 atom stereocenters. The average molecular weight is 306 g/mol. The number of rotatable bonds is 5. The molecule has 1 aromatic rings. The first-order chi connectivity index (χ1) is 8.50. The van der Waals surface area contributed by atoms with Crippen LogP contribution in [0, 0.1) is 6.92 Å². The molecule has 0 unspecified atom stereocenters. The van der Waals surface area contributed by atoms with E-state index >= 15 is 0 Å². The summed E-state index contributed by atoms with van der Waals surface area (Å²) in [5, 5.41) is 2.99. The lowest BCUT2D eigenvalue weighted by Gasteiger charge is -2.25. The maximum Gasteiger partial charge on any atom is 0.263 e. The number of carbonyl (C=O) groups is 1. The normalized spacial score (nSPS) is 12.4. The number of nitrogens with one attached hydrogen (secondary N) is 2. The molecule has 0 radical (unpaired) electrons. The molecule has 0 spiro atoms. The predicted molar refractivity (Wildman–Crippen MR) is 75.7 cm³/mol. The molecule has 7 nitrogen and oxygen atoms in total. The van der Waals surface area contributed by atoms with Crippen LogP contribution in [0.1, 0.15) is 29.2 Å². The molecule has 0 saturated carbocycles. The van der Waals surface area contributed by atoms with E-state index in [0.29, 0.717) is 15.7 Å². The van der Waals surface area contributed by atoms with Gasteiger partial charge in [0, 0.05) is 12.1 Å². The summed E-state index contributed by atoms with van der Waals surface area (Å²) in [4.78, 5) is 16.3. The van der Waals surface area contributed by atoms with Crippen LogP contribution in [-0.2, 0) is 10.0 Å². The van der Waals surface area contributed by atoms with Crippen molar-refractivity contribution in [2.24, 2.45) is 0 Å². The van der Waals surface area contributed by atoms with Gasteiger partial charge in [0.25, 0.3) is 5.91 Å². The number of aromatic nitrogens is 1. The second-order valence-corrected chi connectivity index (χ2v) is 7.69. The number of hydrogen-bond donors (Lipinski definition) is 3. The maximum atomic E-state index is 11.9. The van der Waals surface area contributed by atoms with E-state index in [1.807, 2.05) is 0 Å². The van der Waals surface area contributed by atoms with Gasteiger partial charge < -0.3 is 11.1 Å². The highest BCUT2D eigenvalue weighted by Gasteiger charge is 2.24. The van der Waals surface area contributed by atoms with Crippen molar-refractivity contribution in [3.05, 3.63) is 10.6 Å². The van der Waals surface area contributed by atoms with Gasteiger partial charge in [0.15, 0.2) is 5.13 Å². The quantitative estimate of drug-likeness (QED) is 0.713. The maximum absolute atomic E-state index is 11.9. The zero-order valence-corrected chi connectivity index (χ0v) is 12.9. The molecular weight excluding hydrogens is 288 g/mol.